The van der Waals surface area contributed by atoms with E-state index < -0.39 is 17.7 Å². The summed E-state index contributed by atoms with van der Waals surface area (Å²) >= 11 is 6.76. The maximum Gasteiger partial charge on any atom is 0.412 e. The zero-order chi connectivity index (χ0) is 15.6. The van der Waals surface area contributed by atoms with Crippen molar-refractivity contribution in [1.82, 2.24) is 0 Å². The van der Waals surface area contributed by atoms with Crippen LogP contribution in [0.3, 0.4) is 0 Å². The van der Waals surface area contributed by atoms with Crippen molar-refractivity contribution in [2.24, 2.45) is 0 Å². The minimum atomic E-state index is -0.601. The van der Waals surface area contributed by atoms with E-state index in [1.807, 2.05) is 6.07 Å². The number of hydrogen-bond acceptors (Lipinski definition) is 5. The molecule has 0 radical (unpaired) electrons. The average molecular weight is 332 g/mol. The van der Waals surface area contributed by atoms with Gasteiger partial charge in [0.15, 0.2) is 6.07 Å². The lowest BCUT2D eigenvalue weighted by Gasteiger charge is -2.19. The number of nitrogens with one attached hydrogen (secondary N) is 1. The van der Waals surface area contributed by atoms with Crippen molar-refractivity contribution >= 4 is 40.7 Å². The predicted molar refractivity (Wildman–Crippen MR) is 82.3 cm³/mol. The second-order valence-electron chi connectivity index (χ2n) is 5.83. The van der Waals surface area contributed by atoms with Crippen molar-refractivity contribution in [2.75, 3.05) is 11.4 Å². The van der Waals surface area contributed by atoms with Crippen LogP contribution >= 0.6 is 22.9 Å². The van der Waals surface area contributed by atoms with Crippen LogP contribution in [-0.4, -0.2) is 23.7 Å². The highest BCUT2D eigenvalue weighted by Crippen LogP contribution is 2.45. The molecule has 1 heterocycles. The van der Waals surface area contributed by atoms with Crippen LogP contribution in [-0.2, 0) is 9.47 Å². The molecule has 1 aromatic rings. The number of hydrogen-bond donors (Lipinski definition) is 1. The molecule has 0 atom stereocenters. The Morgan fingerprint density at radius 1 is 1.43 bits per heavy atom. The molecule has 1 aliphatic rings. The summed E-state index contributed by atoms with van der Waals surface area (Å²) < 4.78 is 10.0. The van der Waals surface area contributed by atoms with Gasteiger partial charge in [-0.25, -0.2) is 9.59 Å². The van der Waals surface area contributed by atoms with Gasteiger partial charge in [0.2, 0.25) is 0 Å². The van der Waals surface area contributed by atoms with E-state index in [0.29, 0.717) is 16.5 Å². The van der Waals surface area contributed by atoms with E-state index in [4.69, 9.17) is 21.1 Å². The third-order valence-corrected chi connectivity index (χ3v) is 4.12. The number of rotatable bonds is 4. The van der Waals surface area contributed by atoms with Crippen LogP contribution in [0.15, 0.2) is 6.07 Å². The van der Waals surface area contributed by atoms with Crippen LogP contribution in [0.4, 0.5) is 10.5 Å². The monoisotopic (exact) mass is 331 g/mol. The fraction of sp³-hybridized carbons (Fsp3) is 0.571. The van der Waals surface area contributed by atoms with Crippen molar-refractivity contribution in [2.45, 2.75) is 45.1 Å². The summed E-state index contributed by atoms with van der Waals surface area (Å²) in [4.78, 5) is 25.2. The first-order valence-electron chi connectivity index (χ1n) is 6.67. The summed E-state index contributed by atoms with van der Waals surface area (Å²) in [7, 11) is 0. The van der Waals surface area contributed by atoms with Gasteiger partial charge >= 0.3 is 12.1 Å². The molecule has 0 saturated heterocycles. The molecule has 1 N–H and O–H groups in total. The average Bonchev–Trinajstić information content (AvgIpc) is 3.09. The summed E-state index contributed by atoms with van der Waals surface area (Å²) in [6, 6.07) is 1.60. The Hall–Kier alpha value is -1.27. The van der Waals surface area contributed by atoms with E-state index in [9.17, 15) is 9.59 Å². The summed E-state index contributed by atoms with van der Waals surface area (Å²) in [5, 5.41) is 2.61. The lowest BCUT2D eigenvalue weighted by molar-refractivity contribution is 0.0581. The summed E-state index contributed by atoms with van der Waals surface area (Å²) in [6.45, 7) is 5.33. The zero-order valence-electron chi connectivity index (χ0n) is 12.2. The molecule has 2 rings (SSSR count). The van der Waals surface area contributed by atoms with E-state index in [-0.39, 0.29) is 6.07 Å². The number of carbonyl (C=O) groups excluding carboxylic acids is 2. The van der Waals surface area contributed by atoms with Gasteiger partial charge in [0.25, 0.3) is 0 Å². The lowest BCUT2D eigenvalue weighted by atomic mass is 10.2. The summed E-state index contributed by atoms with van der Waals surface area (Å²) in [6.07, 6.45) is 1.62. The van der Waals surface area contributed by atoms with Gasteiger partial charge in [0, 0.05) is 4.88 Å². The van der Waals surface area contributed by atoms with Gasteiger partial charge in [0.05, 0.1) is 5.69 Å². The Bertz CT molecular complexity index is 546. The predicted octanol–water partition coefficient (Wildman–Crippen LogP) is 4.33. The molecule has 1 fully saturated rings. The van der Waals surface area contributed by atoms with Gasteiger partial charge in [0.1, 0.15) is 10.5 Å². The third kappa shape index (κ3) is 4.61. The molecule has 1 aliphatic carbocycles. The van der Waals surface area contributed by atoms with Gasteiger partial charge in [-0.15, -0.1) is 11.3 Å². The summed E-state index contributed by atoms with van der Waals surface area (Å²) in [5.41, 5.74) is -0.178. The minimum absolute atomic E-state index is 0.221. The van der Waals surface area contributed by atoms with Crippen LogP contribution in [0.5, 0.6) is 0 Å². The van der Waals surface area contributed by atoms with E-state index in [1.165, 1.54) is 11.3 Å². The zero-order valence-corrected chi connectivity index (χ0v) is 13.8. The van der Waals surface area contributed by atoms with Crippen LogP contribution in [0.25, 0.3) is 0 Å². The molecule has 1 aromatic heterocycles. The van der Waals surface area contributed by atoms with Crippen LogP contribution in [0.1, 0.15) is 54.1 Å². The molecule has 1 amide bonds. The Kier molecular flexibility index (Phi) is 4.78. The third-order valence-electron chi connectivity index (χ3n) is 2.74. The van der Waals surface area contributed by atoms with E-state index >= 15 is 0 Å². The van der Waals surface area contributed by atoms with Crippen molar-refractivity contribution in [3.63, 3.8) is 0 Å². The first-order chi connectivity index (χ1) is 9.80. The van der Waals surface area contributed by atoms with Crippen LogP contribution < -0.4 is 5.32 Å². The number of esters is 1. The van der Waals surface area contributed by atoms with Gasteiger partial charge in [-0.05, 0) is 45.6 Å². The largest absolute Gasteiger partial charge is 0.445 e. The maximum atomic E-state index is 11.9. The fourth-order valence-electron chi connectivity index (χ4n) is 1.75. The Balaban J connectivity index is 2.16. The number of alkyl halides is 1. The number of thiophene rings is 1. The highest BCUT2D eigenvalue weighted by Gasteiger charge is 2.29. The van der Waals surface area contributed by atoms with Gasteiger partial charge in [-0.3, -0.25) is 5.32 Å². The Labute approximate surface area is 132 Å². The van der Waals surface area contributed by atoms with Crippen molar-refractivity contribution in [3.8, 4) is 0 Å². The van der Waals surface area contributed by atoms with Crippen molar-refractivity contribution in [1.29, 1.82) is 0 Å². The Morgan fingerprint density at radius 3 is 2.62 bits per heavy atom. The van der Waals surface area contributed by atoms with Gasteiger partial charge in [-0.2, -0.15) is 0 Å². The molecule has 5 nitrogen and oxygen atoms in total. The smallest absolute Gasteiger partial charge is 0.412 e. The topological polar surface area (TPSA) is 64.6 Å². The SMILES string of the molecule is CC(C)(C)OC(=O)Nc1cc(C2CC2)sc1C(=O)OCCl. The molecule has 0 aromatic carbocycles. The molecule has 1 saturated carbocycles. The van der Waals surface area contributed by atoms with Gasteiger partial charge < -0.3 is 9.47 Å². The normalized spacial score (nSPS) is 14.7. The molecule has 116 valence electrons. The van der Waals surface area contributed by atoms with E-state index in [2.05, 4.69) is 5.32 Å². The highest BCUT2D eigenvalue weighted by molar-refractivity contribution is 7.14. The second-order valence-corrected chi connectivity index (χ2v) is 7.14. The van der Waals surface area contributed by atoms with E-state index in [1.54, 1.807) is 20.8 Å². The van der Waals surface area contributed by atoms with E-state index in [0.717, 1.165) is 17.7 Å². The second kappa shape index (κ2) is 6.23. The molecule has 7 heteroatoms. The molecule has 21 heavy (non-hydrogen) atoms. The highest BCUT2D eigenvalue weighted by atomic mass is 35.5. The Morgan fingerprint density at radius 2 is 2.10 bits per heavy atom. The number of amides is 1. The lowest BCUT2D eigenvalue weighted by Crippen LogP contribution is -2.27. The fourth-order valence-corrected chi connectivity index (χ4v) is 3.03. The van der Waals surface area contributed by atoms with Crippen LogP contribution in [0, 0.1) is 0 Å². The van der Waals surface area contributed by atoms with Gasteiger partial charge in [-0.1, -0.05) is 11.6 Å². The standard InChI is InChI=1S/C14H18ClNO4S/c1-14(2,3)20-13(18)16-9-6-10(8-4-5-8)21-11(9)12(17)19-7-15/h6,8H,4-5,7H2,1-3H3,(H,16,18). The molecule has 0 spiro atoms. The quantitative estimate of drug-likeness (QED) is 0.659. The number of ether oxygens (including phenoxy) is 2. The first-order valence-corrected chi connectivity index (χ1v) is 8.02. The maximum absolute atomic E-state index is 11.9. The number of halogens is 1. The summed E-state index contributed by atoms with van der Waals surface area (Å²) in [5.74, 6) is -0.0558. The number of anilines is 1. The first kappa shape index (κ1) is 16.1. The molecular formula is C14H18ClNO4S. The molecule has 0 bridgehead atoms. The molecular weight excluding hydrogens is 314 g/mol. The minimum Gasteiger partial charge on any atom is -0.445 e. The van der Waals surface area contributed by atoms with Crippen molar-refractivity contribution in [3.05, 3.63) is 15.8 Å². The molecule has 0 aliphatic heterocycles. The molecule has 0 unspecified atom stereocenters. The van der Waals surface area contributed by atoms with Crippen molar-refractivity contribution < 1.29 is 19.1 Å². The van der Waals surface area contributed by atoms with Crippen LogP contribution in [0.2, 0.25) is 0 Å². The number of carbonyl (C=O) groups is 2.